The van der Waals surface area contributed by atoms with Gasteiger partial charge in [0.15, 0.2) is 0 Å². The average Bonchev–Trinajstić information content (AvgIpc) is 3.60. The van der Waals surface area contributed by atoms with Crippen LogP contribution >= 0.6 is 11.3 Å². The number of aromatic hydroxyl groups is 1. The van der Waals surface area contributed by atoms with Gasteiger partial charge in [0, 0.05) is 10.8 Å². The molecule has 2 saturated heterocycles. The van der Waals surface area contributed by atoms with Crippen molar-refractivity contribution >= 4 is 29.2 Å². The van der Waals surface area contributed by atoms with Crippen molar-refractivity contribution in [3.8, 4) is 5.75 Å². The minimum atomic E-state index is -0.294. The Bertz CT molecular complexity index is 1190. The lowest BCUT2D eigenvalue weighted by Gasteiger charge is -2.33. The third-order valence-corrected chi connectivity index (χ3v) is 9.05. The molecule has 1 aromatic carbocycles. The number of phenolic OH excluding ortho intramolecular Hbond substituents is 1. The Morgan fingerprint density at radius 3 is 2.59 bits per heavy atom. The van der Waals surface area contributed by atoms with Crippen molar-refractivity contribution < 1.29 is 19.4 Å². The molecule has 2 fully saturated rings. The van der Waals surface area contributed by atoms with E-state index >= 15 is 0 Å². The van der Waals surface area contributed by atoms with Crippen LogP contribution in [0.4, 0.5) is 0 Å². The maximum atomic E-state index is 13.6. The van der Waals surface area contributed by atoms with Gasteiger partial charge < -0.3 is 9.84 Å². The molecule has 3 heterocycles. The predicted molar refractivity (Wildman–Crippen MR) is 147 cm³/mol. The smallest absolute Gasteiger partial charge is 0.234 e. The second kappa shape index (κ2) is 11.0. The number of amides is 2. The molecule has 0 bridgehead atoms. The number of phenols is 1. The van der Waals surface area contributed by atoms with Gasteiger partial charge in [-0.2, -0.15) is 0 Å². The number of likely N-dealkylation sites (tertiary alicyclic amines) is 1. The summed E-state index contributed by atoms with van der Waals surface area (Å²) in [5, 5.41) is 11.6. The summed E-state index contributed by atoms with van der Waals surface area (Å²) in [5.41, 5.74) is 5.09. The highest BCUT2D eigenvalue weighted by Crippen LogP contribution is 2.51. The molecular weight excluding hydrogens is 482 g/mol. The Balaban J connectivity index is 1.36. The molecule has 5 rings (SSSR count). The van der Waals surface area contributed by atoms with Crippen LogP contribution in [0.5, 0.6) is 5.75 Å². The number of imide groups is 1. The topological polar surface area (TPSA) is 66.8 Å². The van der Waals surface area contributed by atoms with Gasteiger partial charge in [-0.3, -0.25) is 14.5 Å². The van der Waals surface area contributed by atoms with E-state index in [1.54, 1.807) is 23.5 Å². The molecule has 5 nitrogen and oxygen atoms in total. The molecule has 0 spiro atoms. The number of hydrogen-bond acceptors (Lipinski definition) is 5. The molecule has 0 radical (unpaired) electrons. The van der Waals surface area contributed by atoms with Gasteiger partial charge in [0.1, 0.15) is 5.75 Å². The minimum Gasteiger partial charge on any atom is -0.508 e. The summed E-state index contributed by atoms with van der Waals surface area (Å²) in [6.45, 7) is 7.50. The molecule has 0 unspecified atom stereocenters. The van der Waals surface area contributed by atoms with Gasteiger partial charge in [-0.15, -0.1) is 11.3 Å². The third kappa shape index (κ3) is 5.19. The van der Waals surface area contributed by atoms with Crippen molar-refractivity contribution in [1.29, 1.82) is 0 Å². The zero-order valence-electron chi connectivity index (χ0n) is 22.0. The van der Waals surface area contributed by atoms with E-state index in [-0.39, 0.29) is 41.4 Å². The molecular formula is C31H37NO4S. The highest BCUT2D eigenvalue weighted by Gasteiger charge is 2.57. The summed E-state index contributed by atoms with van der Waals surface area (Å²) in [5.74, 6) is 0.0185. The lowest BCUT2D eigenvalue weighted by molar-refractivity contribution is -0.140. The molecule has 1 aromatic heterocycles. The Morgan fingerprint density at radius 2 is 1.92 bits per heavy atom. The Morgan fingerprint density at radius 1 is 1.14 bits per heavy atom. The van der Waals surface area contributed by atoms with E-state index in [1.165, 1.54) is 21.6 Å². The molecule has 196 valence electrons. The fourth-order valence-corrected chi connectivity index (χ4v) is 7.14. The molecule has 2 amide bonds. The Kier molecular flexibility index (Phi) is 7.68. The number of rotatable bonds is 9. The van der Waals surface area contributed by atoms with E-state index in [0.717, 1.165) is 36.1 Å². The van der Waals surface area contributed by atoms with Crippen LogP contribution in [0.25, 0.3) is 6.08 Å². The lowest BCUT2D eigenvalue weighted by atomic mass is 9.67. The standard InChI is InChI=1S/C31H37NO4S/c1-4-6-20(15-21-8-11-22(33)12-9-21)10-13-27-28-24(19(2)3)16-25-29(26(28)18-36-27)31(35)32(30(25)34)17-23-7-5-14-37-23/h5,7-9,11-12,14-15,19,25-27,29,33H,4,6,10,13,16-18H2,1-3H3/b20-15+/t25-,26+,27-,29-/m1/s1. The number of carbonyl (C=O) groups excluding carboxylic acids is 2. The number of hydrogen-bond donors (Lipinski definition) is 1. The van der Waals surface area contributed by atoms with Gasteiger partial charge in [0.2, 0.25) is 11.8 Å². The molecule has 6 heteroatoms. The molecule has 4 atom stereocenters. The van der Waals surface area contributed by atoms with Crippen molar-refractivity contribution in [2.75, 3.05) is 6.61 Å². The SMILES string of the molecule is CCC/C(=C\c1ccc(O)cc1)CC[C@H]1OC[C@H]2C1=C(C(C)C)C[C@H]1C(=O)N(Cc3cccs3)C(=O)[C@H]12. The Labute approximate surface area is 223 Å². The van der Waals surface area contributed by atoms with E-state index in [9.17, 15) is 14.7 Å². The molecule has 0 saturated carbocycles. The van der Waals surface area contributed by atoms with Crippen molar-refractivity contribution in [1.82, 2.24) is 4.90 Å². The van der Waals surface area contributed by atoms with Crippen LogP contribution in [0, 0.1) is 23.7 Å². The molecule has 2 aliphatic heterocycles. The van der Waals surface area contributed by atoms with Crippen molar-refractivity contribution in [3.05, 3.63) is 68.9 Å². The van der Waals surface area contributed by atoms with Crippen LogP contribution in [0.15, 0.2) is 58.5 Å². The number of fused-ring (bicyclic) bond motifs is 3. The molecule has 1 aliphatic carbocycles. The fraction of sp³-hybridized carbons (Fsp3) is 0.484. The quantitative estimate of drug-likeness (QED) is 0.300. The van der Waals surface area contributed by atoms with Gasteiger partial charge in [0.05, 0.1) is 31.1 Å². The second-order valence-corrected chi connectivity index (χ2v) is 12.0. The summed E-state index contributed by atoms with van der Waals surface area (Å²) in [7, 11) is 0. The van der Waals surface area contributed by atoms with Crippen molar-refractivity contribution in [2.45, 2.75) is 65.5 Å². The number of nitrogens with zero attached hydrogens (tertiary/aromatic N) is 1. The minimum absolute atomic E-state index is 0.00152. The highest BCUT2D eigenvalue weighted by atomic mass is 32.1. The zero-order chi connectivity index (χ0) is 26.1. The molecule has 2 aromatic rings. The summed E-state index contributed by atoms with van der Waals surface area (Å²) in [6, 6.07) is 11.3. The van der Waals surface area contributed by atoms with Crippen LogP contribution in [-0.2, 0) is 20.9 Å². The van der Waals surface area contributed by atoms with Crippen molar-refractivity contribution in [3.63, 3.8) is 0 Å². The number of allylic oxidation sites excluding steroid dienone is 2. The van der Waals surface area contributed by atoms with E-state index < -0.39 is 0 Å². The lowest BCUT2D eigenvalue weighted by Crippen LogP contribution is -2.35. The first-order valence-electron chi connectivity index (χ1n) is 13.6. The summed E-state index contributed by atoms with van der Waals surface area (Å²) < 4.78 is 6.41. The van der Waals surface area contributed by atoms with Gasteiger partial charge in [-0.25, -0.2) is 0 Å². The van der Waals surface area contributed by atoms with Gasteiger partial charge in [0.25, 0.3) is 0 Å². The van der Waals surface area contributed by atoms with Gasteiger partial charge in [-0.1, -0.05) is 62.6 Å². The first-order valence-corrected chi connectivity index (χ1v) is 14.5. The first-order chi connectivity index (χ1) is 17.9. The van der Waals surface area contributed by atoms with Gasteiger partial charge in [-0.05, 0) is 66.3 Å². The van der Waals surface area contributed by atoms with Gasteiger partial charge >= 0.3 is 0 Å². The van der Waals surface area contributed by atoms with Crippen LogP contribution in [0.3, 0.4) is 0 Å². The maximum absolute atomic E-state index is 13.6. The fourth-order valence-electron chi connectivity index (χ4n) is 6.45. The van der Waals surface area contributed by atoms with Crippen LogP contribution in [-0.4, -0.2) is 34.5 Å². The van der Waals surface area contributed by atoms with E-state index in [0.29, 0.717) is 25.5 Å². The number of benzene rings is 1. The van der Waals surface area contributed by atoms with Crippen LogP contribution in [0.2, 0.25) is 0 Å². The normalized spacial score (nSPS) is 25.8. The van der Waals surface area contributed by atoms with Crippen LogP contribution in [0.1, 0.15) is 63.3 Å². The number of ether oxygens (including phenoxy) is 1. The summed E-state index contributed by atoms with van der Waals surface area (Å²) in [4.78, 5) is 29.6. The number of thiophene rings is 1. The molecule has 37 heavy (non-hydrogen) atoms. The highest BCUT2D eigenvalue weighted by molar-refractivity contribution is 7.09. The number of carbonyl (C=O) groups is 2. The van der Waals surface area contributed by atoms with E-state index in [1.807, 2.05) is 29.6 Å². The van der Waals surface area contributed by atoms with Crippen molar-refractivity contribution in [2.24, 2.45) is 23.7 Å². The molecule has 3 aliphatic rings. The van der Waals surface area contributed by atoms with E-state index in [4.69, 9.17) is 4.74 Å². The summed E-state index contributed by atoms with van der Waals surface area (Å²) >= 11 is 1.59. The third-order valence-electron chi connectivity index (χ3n) is 8.19. The molecule has 1 N–H and O–H groups in total. The predicted octanol–water partition coefficient (Wildman–Crippen LogP) is 6.59. The monoisotopic (exact) mass is 519 g/mol. The zero-order valence-corrected chi connectivity index (χ0v) is 22.8. The average molecular weight is 520 g/mol. The summed E-state index contributed by atoms with van der Waals surface area (Å²) in [6.07, 6.45) is 6.78. The largest absolute Gasteiger partial charge is 0.508 e. The Hall–Kier alpha value is -2.70. The van der Waals surface area contributed by atoms with Crippen LogP contribution < -0.4 is 0 Å². The van der Waals surface area contributed by atoms with E-state index in [2.05, 4.69) is 26.8 Å². The second-order valence-electron chi connectivity index (χ2n) is 10.9. The maximum Gasteiger partial charge on any atom is 0.234 e. The first kappa shape index (κ1) is 25.9.